The molecule has 1 heterocycles. The van der Waals surface area contributed by atoms with Gasteiger partial charge in [0.1, 0.15) is 0 Å². The van der Waals surface area contributed by atoms with Crippen molar-refractivity contribution < 1.29 is 0 Å². The van der Waals surface area contributed by atoms with Gasteiger partial charge in [-0.1, -0.05) is 13.8 Å². The molecule has 3 nitrogen and oxygen atoms in total. The van der Waals surface area contributed by atoms with Crippen LogP contribution in [0.3, 0.4) is 0 Å². The Morgan fingerprint density at radius 2 is 2.31 bits per heavy atom. The first kappa shape index (κ1) is 11.6. The van der Waals surface area contributed by atoms with Crippen LogP contribution in [0.2, 0.25) is 0 Å². The van der Waals surface area contributed by atoms with Gasteiger partial charge in [0.05, 0.1) is 6.20 Å². The van der Waals surface area contributed by atoms with Gasteiger partial charge in [0, 0.05) is 19.3 Å². The quantitative estimate of drug-likeness (QED) is 0.797. The zero-order valence-corrected chi connectivity index (χ0v) is 10.7. The van der Waals surface area contributed by atoms with Crippen LogP contribution in [-0.4, -0.2) is 22.4 Å². The molecule has 1 fully saturated rings. The van der Waals surface area contributed by atoms with E-state index >= 15 is 0 Å². The molecule has 1 aliphatic carbocycles. The van der Waals surface area contributed by atoms with E-state index < -0.39 is 0 Å². The summed E-state index contributed by atoms with van der Waals surface area (Å²) < 4.78 is 1.89. The molecular formula is C13H23N3. The highest BCUT2D eigenvalue weighted by molar-refractivity contribution is 5.11. The van der Waals surface area contributed by atoms with Gasteiger partial charge in [-0.25, -0.2) is 0 Å². The first-order valence-corrected chi connectivity index (χ1v) is 6.35. The van der Waals surface area contributed by atoms with E-state index in [4.69, 9.17) is 0 Å². The molecule has 2 rings (SSSR count). The number of hydrogen-bond acceptors (Lipinski definition) is 2. The predicted molar refractivity (Wildman–Crippen MR) is 66.3 cm³/mol. The minimum Gasteiger partial charge on any atom is -0.313 e. The zero-order valence-electron chi connectivity index (χ0n) is 10.7. The smallest absolute Gasteiger partial charge is 0.0522 e. The summed E-state index contributed by atoms with van der Waals surface area (Å²) in [5, 5.41) is 7.93. The van der Waals surface area contributed by atoms with E-state index in [-0.39, 0.29) is 0 Å². The molecule has 3 heteroatoms. The summed E-state index contributed by atoms with van der Waals surface area (Å²) in [6.07, 6.45) is 9.19. The van der Waals surface area contributed by atoms with Crippen LogP contribution in [0.1, 0.15) is 38.7 Å². The van der Waals surface area contributed by atoms with Gasteiger partial charge >= 0.3 is 0 Å². The van der Waals surface area contributed by atoms with Gasteiger partial charge in [-0.3, -0.25) is 4.68 Å². The van der Waals surface area contributed by atoms with Crippen molar-refractivity contribution in [2.24, 2.45) is 12.5 Å². The number of nitrogens with one attached hydrogen (secondary N) is 1. The van der Waals surface area contributed by atoms with E-state index in [0.717, 1.165) is 13.0 Å². The van der Waals surface area contributed by atoms with Gasteiger partial charge in [0.15, 0.2) is 0 Å². The number of nitrogens with zero attached hydrogens (tertiary/aromatic N) is 2. The second kappa shape index (κ2) is 4.58. The molecule has 1 atom stereocenters. The van der Waals surface area contributed by atoms with Crippen molar-refractivity contribution in [3.8, 4) is 0 Å². The summed E-state index contributed by atoms with van der Waals surface area (Å²) in [7, 11) is 1.98. The van der Waals surface area contributed by atoms with Gasteiger partial charge in [-0.05, 0) is 43.2 Å². The SMILES string of the molecule is CCCNC(Cc1cnn(C)c1)C1(C)CC1. The van der Waals surface area contributed by atoms with Crippen LogP contribution in [0.5, 0.6) is 0 Å². The van der Waals surface area contributed by atoms with Crippen LogP contribution < -0.4 is 5.32 Å². The average molecular weight is 221 g/mol. The Kier molecular flexibility index (Phi) is 3.33. The Morgan fingerprint density at radius 3 is 2.81 bits per heavy atom. The van der Waals surface area contributed by atoms with E-state index in [2.05, 4.69) is 30.5 Å². The molecule has 1 aliphatic rings. The third-order valence-electron chi connectivity index (χ3n) is 3.72. The first-order chi connectivity index (χ1) is 7.64. The van der Waals surface area contributed by atoms with Crippen LogP contribution in [0, 0.1) is 5.41 Å². The normalized spacial score (nSPS) is 19.7. The van der Waals surface area contributed by atoms with Crippen LogP contribution in [0.25, 0.3) is 0 Å². The molecule has 1 unspecified atom stereocenters. The van der Waals surface area contributed by atoms with Gasteiger partial charge < -0.3 is 5.32 Å². The Balaban J connectivity index is 1.96. The van der Waals surface area contributed by atoms with Crippen LogP contribution in [0.15, 0.2) is 12.4 Å². The third-order valence-corrected chi connectivity index (χ3v) is 3.72. The summed E-state index contributed by atoms with van der Waals surface area (Å²) >= 11 is 0. The summed E-state index contributed by atoms with van der Waals surface area (Å²) in [6.45, 7) is 5.75. The van der Waals surface area contributed by atoms with Crippen LogP contribution >= 0.6 is 0 Å². The van der Waals surface area contributed by atoms with E-state index in [0.29, 0.717) is 11.5 Å². The van der Waals surface area contributed by atoms with Gasteiger partial charge in [0.2, 0.25) is 0 Å². The molecule has 1 N–H and O–H groups in total. The molecule has 0 bridgehead atoms. The van der Waals surface area contributed by atoms with E-state index in [1.165, 1.54) is 24.8 Å². The highest BCUT2D eigenvalue weighted by Crippen LogP contribution is 2.48. The molecule has 90 valence electrons. The second-order valence-electron chi connectivity index (χ2n) is 5.39. The Hall–Kier alpha value is -0.830. The van der Waals surface area contributed by atoms with Gasteiger partial charge in [0.25, 0.3) is 0 Å². The van der Waals surface area contributed by atoms with E-state index in [1.54, 1.807) is 0 Å². The molecule has 0 spiro atoms. The lowest BCUT2D eigenvalue weighted by Crippen LogP contribution is -2.38. The largest absolute Gasteiger partial charge is 0.313 e. The number of hydrogen-bond donors (Lipinski definition) is 1. The van der Waals surface area contributed by atoms with Crippen molar-refractivity contribution in [2.75, 3.05) is 6.54 Å². The third kappa shape index (κ3) is 2.64. The molecule has 0 aromatic carbocycles. The molecule has 1 aromatic rings. The van der Waals surface area contributed by atoms with Crippen LogP contribution in [0.4, 0.5) is 0 Å². The predicted octanol–water partition coefficient (Wildman–Crippen LogP) is 2.13. The lowest BCUT2D eigenvalue weighted by Gasteiger charge is -2.24. The van der Waals surface area contributed by atoms with Crippen molar-refractivity contribution in [1.82, 2.24) is 15.1 Å². The standard InChI is InChI=1S/C13H23N3/c1-4-7-14-12(13(2)5-6-13)8-11-9-15-16(3)10-11/h9-10,12,14H,4-8H2,1-3H3. The number of aryl methyl sites for hydroxylation is 1. The lowest BCUT2D eigenvalue weighted by atomic mass is 9.93. The Morgan fingerprint density at radius 1 is 1.56 bits per heavy atom. The molecule has 0 saturated heterocycles. The van der Waals surface area contributed by atoms with E-state index in [1.807, 2.05) is 17.9 Å². The van der Waals surface area contributed by atoms with Crippen LogP contribution in [-0.2, 0) is 13.5 Å². The fourth-order valence-electron chi connectivity index (χ4n) is 2.24. The number of aromatic nitrogens is 2. The minimum absolute atomic E-state index is 0.533. The van der Waals surface area contributed by atoms with Gasteiger partial charge in [-0.15, -0.1) is 0 Å². The van der Waals surface area contributed by atoms with Crippen molar-refractivity contribution >= 4 is 0 Å². The Labute approximate surface area is 98.2 Å². The number of rotatable bonds is 6. The second-order valence-corrected chi connectivity index (χ2v) is 5.39. The molecule has 1 aromatic heterocycles. The molecule has 16 heavy (non-hydrogen) atoms. The minimum atomic E-state index is 0.533. The molecule has 1 saturated carbocycles. The van der Waals surface area contributed by atoms with E-state index in [9.17, 15) is 0 Å². The zero-order chi connectivity index (χ0) is 11.6. The lowest BCUT2D eigenvalue weighted by molar-refractivity contribution is 0.354. The maximum Gasteiger partial charge on any atom is 0.0522 e. The van der Waals surface area contributed by atoms with Crippen molar-refractivity contribution in [2.45, 2.75) is 45.6 Å². The van der Waals surface area contributed by atoms with Crippen molar-refractivity contribution in [3.63, 3.8) is 0 Å². The monoisotopic (exact) mass is 221 g/mol. The highest BCUT2D eigenvalue weighted by Gasteiger charge is 2.44. The maximum atomic E-state index is 4.24. The molecular weight excluding hydrogens is 198 g/mol. The fourth-order valence-corrected chi connectivity index (χ4v) is 2.24. The summed E-state index contributed by atoms with van der Waals surface area (Å²) in [4.78, 5) is 0. The van der Waals surface area contributed by atoms with Crippen molar-refractivity contribution in [3.05, 3.63) is 18.0 Å². The topological polar surface area (TPSA) is 29.9 Å². The molecule has 0 radical (unpaired) electrons. The Bertz CT molecular complexity index is 339. The maximum absolute atomic E-state index is 4.24. The highest BCUT2D eigenvalue weighted by atomic mass is 15.2. The fraction of sp³-hybridized carbons (Fsp3) is 0.769. The molecule has 0 aliphatic heterocycles. The van der Waals surface area contributed by atoms with Gasteiger partial charge in [-0.2, -0.15) is 5.10 Å². The summed E-state index contributed by atoms with van der Waals surface area (Å²) in [5.41, 5.74) is 1.88. The van der Waals surface area contributed by atoms with Crippen molar-refractivity contribution in [1.29, 1.82) is 0 Å². The first-order valence-electron chi connectivity index (χ1n) is 6.35. The summed E-state index contributed by atoms with van der Waals surface area (Å²) in [5.74, 6) is 0. The molecule has 0 amide bonds. The average Bonchev–Trinajstić information content (AvgIpc) is 2.86. The summed E-state index contributed by atoms with van der Waals surface area (Å²) in [6, 6.07) is 0.622.